The summed E-state index contributed by atoms with van der Waals surface area (Å²) in [5.41, 5.74) is 5.39. The van der Waals surface area contributed by atoms with Gasteiger partial charge in [0.1, 0.15) is 0 Å². The molecular weight excluding hydrogens is 138 g/mol. The molecule has 48 valence electrons. The van der Waals surface area contributed by atoms with Crippen molar-refractivity contribution in [2.45, 2.75) is 18.1 Å². The van der Waals surface area contributed by atoms with Gasteiger partial charge < -0.3 is 5.73 Å². The van der Waals surface area contributed by atoms with Gasteiger partial charge >= 0.3 is 0 Å². The number of hydrogen-bond acceptors (Lipinski definition) is 3. The average molecular weight is 149 g/mol. The maximum Gasteiger partial charge on any atom is 0.0171 e. The van der Waals surface area contributed by atoms with Crippen LogP contribution in [0.1, 0.15) is 12.8 Å². The van der Waals surface area contributed by atoms with Crippen LogP contribution in [0, 0.1) is 0 Å². The molecule has 0 aromatic carbocycles. The van der Waals surface area contributed by atoms with Gasteiger partial charge in [0.25, 0.3) is 0 Å². The fourth-order valence-electron chi connectivity index (χ4n) is 0.750. The Hall–Kier alpha value is 0.660. The normalized spacial score (nSPS) is 28.9. The Balaban J connectivity index is 2.06. The first-order chi connectivity index (χ1) is 3.93. The predicted molar refractivity (Wildman–Crippen MR) is 42.1 cm³/mol. The van der Waals surface area contributed by atoms with Gasteiger partial charge in [0.2, 0.25) is 0 Å². The highest BCUT2D eigenvalue weighted by Gasteiger charge is 2.14. The fraction of sp³-hybridized carbons (Fsp3) is 1.00. The third-order valence-corrected chi connectivity index (χ3v) is 4.22. The Labute approximate surface area is 58.2 Å². The molecule has 1 aliphatic rings. The van der Waals surface area contributed by atoms with Crippen LogP contribution in [0.4, 0.5) is 0 Å². The average Bonchev–Trinajstić information content (AvgIpc) is 2.19. The third kappa shape index (κ3) is 1.88. The minimum absolute atomic E-state index is 0.859. The molecule has 1 unspecified atom stereocenters. The molecule has 1 heterocycles. The van der Waals surface area contributed by atoms with Gasteiger partial charge in [0, 0.05) is 11.0 Å². The molecule has 0 saturated carbocycles. The number of rotatable bonds is 2. The van der Waals surface area contributed by atoms with Crippen LogP contribution in [0.3, 0.4) is 0 Å². The molecule has 1 fully saturated rings. The molecule has 1 atom stereocenters. The minimum Gasteiger partial charge on any atom is -0.330 e. The van der Waals surface area contributed by atoms with Crippen molar-refractivity contribution in [3.63, 3.8) is 0 Å². The highest BCUT2D eigenvalue weighted by Crippen LogP contribution is 2.38. The first-order valence-corrected chi connectivity index (χ1v) is 5.30. The van der Waals surface area contributed by atoms with Gasteiger partial charge in [0.05, 0.1) is 0 Å². The van der Waals surface area contributed by atoms with Gasteiger partial charge in [-0.3, -0.25) is 0 Å². The second-order valence-electron chi connectivity index (χ2n) is 1.91. The zero-order valence-corrected chi connectivity index (χ0v) is 6.43. The molecule has 3 heteroatoms. The zero-order chi connectivity index (χ0) is 5.82. The van der Waals surface area contributed by atoms with Crippen LogP contribution in [0.2, 0.25) is 0 Å². The van der Waals surface area contributed by atoms with E-state index < -0.39 is 0 Å². The molecule has 0 amide bonds. The fourth-order valence-corrected chi connectivity index (χ4v) is 3.75. The van der Waals surface area contributed by atoms with E-state index in [1.807, 2.05) is 21.6 Å². The zero-order valence-electron chi connectivity index (χ0n) is 4.80. The van der Waals surface area contributed by atoms with Gasteiger partial charge in [-0.05, 0) is 19.4 Å². The molecule has 0 aliphatic carbocycles. The Morgan fingerprint density at radius 3 is 3.00 bits per heavy atom. The molecule has 0 aromatic heterocycles. The van der Waals surface area contributed by atoms with Crippen LogP contribution >= 0.6 is 21.6 Å². The van der Waals surface area contributed by atoms with E-state index in [-0.39, 0.29) is 0 Å². The predicted octanol–water partition coefficient (Wildman–Crippen LogP) is 1.49. The summed E-state index contributed by atoms with van der Waals surface area (Å²) in [7, 11) is 3.99. The van der Waals surface area contributed by atoms with Gasteiger partial charge in [0.15, 0.2) is 0 Å². The summed E-state index contributed by atoms with van der Waals surface area (Å²) >= 11 is 0. The summed E-state index contributed by atoms with van der Waals surface area (Å²) in [4.78, 5) is 0. The summed E-state index contributed by atoms with van der Waals surface area (Å²) in [5, 5.41) is 0.866. The van der Waals surface area contributed by atoms with Crippen LogP contribution in [-0.4, -0.2) is 17.5 Å². The topological polar surface area (TPSA) is 26.0 Å². The number of hydrogen-bond donors (Lipinski definition) is 1. The Morgan fingerprint density at radius 1 is 1.62 bits per heavy atom. The molecule has 0 spiro atoms. The molecule has 8 heavy (non-hydrogen) atoms. The van der Waals surface area contributed by atoms with Crippen LogP contribution in [0.15, 0.2) is 0 Å². The summed E-state index contributed by atoms with van der Waals surface area (Å²) in [6.07, 6.45) is 2.57. The van der Waals surface area contributed by atoms with Crippen molar-refractivity contribution in [1.29, 1.82) is 0 Å². The maximum absolute atomic E-state index is 5.39. The van der Waals surface area contributed by atoms with Crippen LogP contribution in [0.25, 0.3) is 0 Å². The van der Waals surface area contributed by atoms with Crippen molar-refractivity contribution in [2.75, 3.05) is 12.3 Å². The summed E-state index contributed by atoms with van der Waals surface area (Å²) in [5.74, 6) is 1.33. The first-order valence-electron chi connectivity index (χ1n) is 2.92. The van der Waals surface area contributed by atoms with E-state index in [1.54, 1.807) is 0 Å². The number of nitrogens with two attached hydrogens (primary N) is 1. The third-order valence-electron chi connectivity index (χ3n) is 1.22. The van der Waals surface area contributed by atoms with E-state index in [4.69, 9.17) is 5.73 Å². The monoisotopic (exact) mass is 149 g/mol. The van der Waals surface area contributed by atoms with Crippen molar-refractivity contribution in [2.24, 2.45) is 5.73 Å². The van der Waals surface area contributed by atoms with Crippen LogP contribution in [0.5, 0.6) is 0 Å². The Kier molecular flexibility index (Phi) is 3.08. The Bertz CT molecular complexity index is 61.4. The van der Waals surface area contributed by atoms with E-state index in [1.165, 1.54) is 18.6 Å². The van der Waals surface area contributed by atoms with Gasteiger partial charge in [-0.1, -0.05) is 21.6 Å². The molecule has 1 nitrogen and oxygen atoms in total. The molecule has 1 aliphatic heterocycles. The summed E-state index contributed by atoms with van der Waals surface area (Å²) in [6.45, 7) is 0.859. The molecule has 0 bridgehead atoms. The van der Waals surface area contributed by atoms with E-state index in [9.17, 15) is 0 Å². The molecular formula is C5H11NS2. The van der Waals surface area contributed by atoms with E-state index in [0.29, 0.717) is 0 Å². The SMILES string of the molecule is NCCC1CCSS1. The van der Waals surface area contributed by atoms with E-state index in [0.717, 1.165) is 11.8 Å². The second kappa shape index (κ2) is 3.64. The summed E-state index contributed by atoms with van der Waals surface area (Å²) in [6, 6.07) is 0. The van der Waals surface area contributed by atoms with Crippen LogP contribution < -0.4 is 5.73 Å². The highest BCUT2D eigenvalue weighted by molar-refractivity contribution is 8.77. The van der Waals surface area contributed by atoms with Crippen molar-refractivity contribution >= 4 is 21.6 Å². The quantitative estimate of drug-likeness (QED) is 0.602. The van der Waals surface area contributed by atoms with Gasteiger partial charge in [-0.15, -0.1) is 0 Å². The first kappa shape index (κ1) is 6.78. The van der Waals surface area contributed by atoms with Crippen LogP contribution in [-0.2, 0) is 0 Å². The van der Waals surface area contributed by atoms with E-state index >= 15 is 0 Å². The largest absolute Gasteiger partial charge is 0.330 e. The molecule has 1 rings (SSSR count). The molecule has 0 radical (unpaired) electrons. The van der Waals surface area contributed by atoms with Gasteiger partial charge in [-0.2, -0.15) is 0 Å². The molecule has 0 aromatic rings. The molecule has 1 saturated heterocycles. The standard InChI is InChI=1S/C5H11NS2/c6-3-1-5-2-4-7-8-5/h5H,1-4,6H2. The van der Waals surface area contributed by atoms with E-state index in [2.05, 4.69) is 0 Å². The summed E-state index contributed by atoms with van der Waals surface area (Å²) < 4.78 is 0. The van der Waals surface area contributed by atoms with Crippen molar-refractivity contribution in [1.82, 2.24) is 0 Å². The lowest BCUT2D eigenvalue weighted by molar-refractivity contribution is 0.760. The Morgan fingerprint density at radius 2 is 2.50 bits per heavy atom. The molecule has 2 N–H and O–H groups in total. The van der Waals surface area contributed by atoms with Crippen molar-refractivity contribution in [3.8, 4) is 0 Å². The van der Waals surface area contributed by atoms with Crippen molar-refractivity contribution in [3.05, 3.63) is 0 Å². The highest BCUT2D eigenvalue weighted by atomic mass is 33.1. The maximum atomic E-state index is 5.39. The lowest BCUT2D eigenvalue weighted by Crippen LogP contribution is -2.07. The lowest BCUT2D eigenvalue weighted by atomic mass is 10.2. The smallest absolute Gasteiger partial charge is 0.0171 e. The minimum atomic E-state index is 0.859. The second-order valence-corrected chi connectivity index (χ2v) is 4.69. The lowest BCUT2D eigenvalue weighted by Gasteiger charge is -2.01. The van der Waals surface area contributed by atoms with Crippen molar-refractivity contribution < 1.29 is 0 Å². The van der Waals surface area contributed by atoms with Gasteiger partial charge in [-0.25, -0.2) is 0 Å².